The number of hydrogen-bond donors (Lipinski definition) is 1. The fourth-order valence-corrected chi connectivity index (χ4v) is 3.31. The van der Waals surface area contributed by atoms with E-state index in [0.29, 0.717) is 22.2 Å². The third-order valence-electron chi connectivity index (χ3n) is 4.48. The summed E-state index contributed by atoms with van der Waals surface area (Å²) in [6.07, 6.45) is 5.91. The van der Waals surface area contributed by atoms with Crippen LogP contribution in [0.15, 0.2) is 18.2 Å². The van der Waals surface area contributed by atoms with Gasteiger partial charge < -0.3 is 5.32 Å². The molecule has 2 unspecified atom stereocenters. The maximum atomic E-state index is 13.8. The van der Waals surface area contributed by atoms with Crippen LogP contribution in [0.5, 0.6) is 0 Å². The number of nitrogens with one attached hydrogen (secondary N) is 1. The normalized spacial score (nSPS) is 24.2. The van der Waals surface area contributed by atoms with E-state index in [0.717, 1.165) is 18.8 Å². The molecule has 112 valence electrons. The lowest BCUT2D eigenvalue weighted by atomic mass is 9.76. The van der Waals surface area contributed by atoms with Crippen molar-refractivity contribution in [2.24, 2.45) is 11.3 Å². The van der Waals surface area contributed by atoms with Crippen LogP contribution in [0.25, 0.3) is 0 Å². The van der Waals surface area contributed by atoms with Crippen LogP contribution in [0, 0.1) is 17.2 Å². The zero-order chi connectivity index (χ0) is 14.8. The molecular formula is C17H25ClFN. The molecule has 3 heteroatoms. The lowest BCUT2D eigenvalue weighted by Crippen LogP contribution is -2.22. The molecule has 1 aromatic rings. The molecule has 0 spiro atoms. The van der Waals surface area contributed by atoms with Crippen molar-refractivity contribution < 1.29 is 4.39 Å². The average molecular weight is 298 g/mol. The minimum atomic E-state index is -0.217. The van der Waals surface area contributed by atoms with Crippen LogP contribution < -0.4 is 5.32 Å². The average Bonchev–Trinajstić information content (AvgIpc) is 2.59. The number of anilines is 1. The third kappa shape index (κ3) is 4.12. The number of benzene rings is 1. The Labute approximate surface area is 126 Å². The van der Waals surface area contributed by atoms with Gasteiger partial charge in [0.2, 0.25) is 0 Å². The van der Waals surface area contributed by atoms with E-state index in [1.807, 2.05) is 0 Å². The van der Waals surface area contributed by atoms with Crippen molar-refractivity contribution in [3.05, 3.63) is 29.0 Å². The summed E-state index contributed by atoms with van der Waals surface area (Å²) >= 11 is 5.94. The molecule has 2 atom stereocenters. The molecule has 0 saturated heterocycles. The SMILES string of the molecule is CC(C)(C)C1CCCC(Nc2cc(Cl)ccc2F)CC1. The molecule has 0 radical (unpaired) electrons. The van der Waals surface area contributed by atoms with Gasteiger partial charge in [-0.05, 0) is 55.2 Å². The van der Waals surface area contributed by atoms with Crippen molar-refractivity contribution in [3.63, 3.8) is 0 Å². The van der Waals surface area contributed by atoms with Gasteiger partial charge in [-0.1, -0.05) is 38.8 Å². The summed E-state index contributed by atoms with van der Waals surface area (Å²) in [5.41, 5.74) is 0.910. The fourth-order valence-electron chi connectivity index (χ4n) is 3.14. The molecule has 0 amide bonds. The highest BCUT2D eigenvalue weighted by molar-refractivity contribution is 6.30. The van der Waals surface area contributed by atoms with Crippen LogP contribution in [0.2, 0.25) is 5.02 Å². The van der Waals surface area contributed by atoms with E-state index in [1.165, 1.54) is 25.3 Å². The molecule has 20 heavy (non-hydrogen) atoms. The summed E-state index contributed by atoms with van der Waals surface area (Å²) in [5, 5.41) is 3.92. The smallest absolute Gasteiger partial charge is 0.146 e. The molecule has 0 aliphatic heterocycles. The quantitative estimate of drug-likeness (QED) is 0.672. The molecule has 2 rings (SSSR count). The molecule has 0 aromatic heterocycles. The van der Waals surface area contributed by atoms with Crippen molar-refractivity contribution in [2.75, 3.05) is 5.32 Å². The summed E-state index contributed by atoms with van der Waals surface area (Å²) < 4.78 is 13.8. The van der Waals surface area contributed by atoms with Gasteiger partial charge in [0, 0.05) is 11.1 Å². The van der Waals surface area contributed by atoms with Gasteiger partial charge in [-0.15, -0.1) is 0 Å². The third-order valence-corrected chi connectivity index (χ3v) is 4.72. The van der Waals surface area contributed by atoms with Crippen LogP contribution in [0.4, 0.5) is 10.1 Å². The highest BCUT2D eigenvalue weighted by atomic mass is 35.5. The number of halogens is 2. The molecular weight excluding hydrogens is 273 g/mol. The molecule has 1 fully saturated rings. The maximum absolute atomic E-state index is 13.8. The fraction of sp³-hybridized carbons (Fsp3) is 0.647. The first-order valence-electron chi connectivity index (χ1n) is 7.58. The zero-order valence-electron chi connectivity index (χ0n) is 12.7. The van der Waals surface area contributed by atoms with E-state index in [2.05, 4.69) is 26.1 Å². The van der Waals surface area contributed by atoms with E-state index in [1.54, 1.807) is 12.1 Å². The summed E-state index contributed by atoms with van der Waals surface area (Å²) in [6, 6.07) is 5.06. The largest absolute Gasteiger partial charge is 0.380 e. The Morgan fingerprint density at radius 2 is 1.90 bits per heavy atom. The van der Waals surface area contributed by atoms with Crippen LogP contribution >= 0.6 is 11.6 Å². The Hall–Kier alpha value is -0.760. The molecule has 1 N–H and O–H groups in total. The highest BCUT2D eigenvalue weighted by Crippen LogP contribution is 2.37. The predicted molar refractivity (Wildman–Crippen MR) is 84.9 cm³/mol. The van der Waals surface area contributed by atoms with Gasteiger partial charge in [-0.2, -0.15) is 0 Å². The van der Waals surface area contributed by atoms with Crippen molar-refractivity contribution in [1.82, 2.24) is 0 Å². The molecule has 0 heterocycles. The lowest BCUT2D eigenvalue weighted by molar-refractivity contribution is 0.214. The number of hydrogen-bond acceptors (Lipinski definition) is 1. The molecule has 0 bridgehead atoms. The van der Waals surface area contributed by atoms with E-state index in [4.69, 9.17) is 11.6 Å². The second kappa shape index (κ2) is 6.34. The Morgan fingerprint density at radius 1 is 1.15 bits per heavy atom. The monoisotopic (exact) mass is 297 g/mol. The van der Waals surface area contributed by atoms with Crippen LogP contribution in [-0.2, 0) is 0 Å². The molecule has 1 aliphatic rings. The standard InChI is InChI=1S/C17H25ClFN/c1-17(2,3)12-5-4-6-14(9-7-12)20-16-11-13(18)8-10-15(16)19/h8,10-12,14,20H,4-7,9H2,1-3H3. The summed E-state index contributed by atoms with van der Waals surface area (Å²) in [4.78, 5) is 0. The Kier molecular flexibility index (Phi) is 4.95. The Balaban J connectivity index is 1.99. The Morgan fingerprint density at radius 3 is 2.60 bits per heavy atom. The Bertz CT molecular complexity index is 453. The second-order valence-electron chi connectivity index (χ2n) is 7.04. The van der Waals surface area contributed by atoms with Gasteiger partial charge in [-0.25, -0.2) is 4.39 Å². The van der Waals surface area contributed by atoms with Crippen LogP contribution in [-0.4, -0.2) is 6.04 Å². The van der Waals surface area contributed by atoms with E-state index in [-0.39, 0.29) is 5.82 Å². The second-order valence-corrected chi connectivity index (χ2v) is 7.47. The number of rotatable bonds is 2. The van der Waals surface area contributed by atoms with E-state index < -0.39 is 0 Å². The van der Waals surface area contributed by atoms with Crippen molar-refractivity contribution in [2.45, 2.75) is 58.9 Å². The minimum absolute atomic E-state index is 0.217. The van der Waals surface area contributed by atoms with E-state index >= 15 is 0 Å². The maximum Gasteiger partial charge on any atom is 0.146 e. The molecule has 1 aromatic carbocycles. The minimum Gasteiger partial charge on any atom is -0.380 e. The summed E-state index contributed by atoms with van der Waals surface area (Å²) in [7, 11) is 0. The van der Waals surface area contributed by atoms with Gasteiger partial charge in [0.1, 0.15) is 5.82 Å². The first kappa shape index (κ1) is 15.6. The van der Waals surface area contributed by atoms with Gasteiger partial charge in [0.15, 0.2) is 0 Å². The lowest BCUT2D eigenvalue weighted by Gasteiger charge is -2.29. The van der Waals surface area contributed by atoms with Gasteiger partial charge in [0.25, 0.3) is 0 Å². The predicted octanol–water partition coefficient (Wildman–Crippen LogP) is 5.89. The van der Waals surface area contributed by atoms with Gasteiger partial charge in [-0.3, -0.25) is 0 Å². The van der Waals surface area contributed by atoms with Crippen molar-refractivity contribution in [3.8, 4) is 0 Å². The zero-order valence-corrected chi connectivity index (χ0v) is 13.4. The summed E-state index contributed by atoms with van der Waals surface area (Å²) in [6.45, 7) is 6.96. The molecule has 1 aliphatic carbocycles. The highest BCUT2D eigenvalue weighted by Gasteiger charge is 2.27. The summed E-state index contributed by atoms with van der Waals surface area (Å²) in [5.74, 6) is 0.546. The van der Waals surface area contributed by atoms with Crippen LogP contribution in [0.3, 0.4) is 0 Å². The van der Waals surface area contributed by atoms with E-state index in [9.17, 15) is 4.39 Å². The van der Waals surface area contributed by atoms with Crippen LogP contribution in [0.1, 0.15) is 52.9 Å². The van der Waals surface area contributed by atoms with Gasteiger partial charge >= 0.3 is 0 Å². The van der Waals surface area contributed by atoms with Gasteiger partial charge in [0.05, 0.1) is 5.69 Å². The molecule has 1 saturated carbocycles. The van der Waals surface area contributed by atoms with Crippen molar-refractivity contribution in [1.29, 1.82) is 0 Å². The molecule has 1 nitrogen and oxygen atoms in total. The topological polar surface area (TPSA) is 12.0 Å². The first-order valence-corrected chi connectivity index (χ1v) is 7.95. The first-order chi connectivity index (χ1) is 9.36. The van der Waals surface area contributed by atoms with Crippen molar-refractivity contribution >= 4 is 17.3 Å².